The first kappa shape index (κ1) is 23.6. The number of imidazole rings is 1. The number of aromatic nitrogens is 2. The highest BCUT2D eigenvalue weighted by Gasteiger charge is 2.29. The van der Waals surface area contributed by atoms with Crippen molar-refractivity contribution < 1.29 is 9.53 Å². The van der Waals surface area contributed by atoms with Gasteiger partial charge in [-0.2, -0.15) is 0 Å². The van der Waals surface area contributed by atoms with Crippen LogP contribution in [0.15, 0.2) is 60.7 Å². The van der Waals surface area contributed by atoms with E-state index in [-0.39, 0.29) is 6.03 Å². The molecule has 0 bridgehead atoms. The molecule has 3 aromatic carbocycles. The van der Waals surface area contributed by atoms with Crippen molar-refractivity contribution in [1.82, 2.24) is 19.8 Å². The number of piperidine rings is 1. The normalized spacial score (nSPS) is 17.8. The van der Waals surface area contributed by atoms with Gasteiger partial charge in [0.15, 0.2) is 0 Å². The summed E-state index contributed by atoms with van der Waals surface area (Å²) in [7, 11) is 0. The van der Waals surface area contributed by atoms with Crippen molar-refractivity contribution in [3.05, 3.63) is 83.2 Å². The molecule has 0 saturated carbocycles. The minimum Gasteiger partial charge on any atom is -0.491 e. The van der Waals surface area contributed by atoms with E-state index in [0.717, 1.165) is 70.8 Å². The third kappa shape index (κ3) is 4.93. The van der Waals surface area contributed by atoms with Gasteiger partial charge in [-0.25, -0.2) is 9.78 Å². The number of hydrogen-bond donors (Lipinski definition) is 1. The molecule has 6 heteroatoms. The number of H-pyrrole nitrogens is 1. The molecule has 3 heterocycles. The summed E-state index contributed by atoms with van der Waals surface area (Å²) in [6.45, 7) is 7.39. The number of ether oxygens (including phenoxy) is 1. The number of urea groups is 1. The van der Waals surface area contributed by atoms with Gasteiger partial charge in [-0.05, 0) is 85.5 Å². The highest BCUT2D eigenvalue weighted by atomic mass is 16.5. The lowest BCUT2D eigenvalue weighted by atomic mass is 9.91. The van der Waals surface area contributed by atoms with Crippen LogP contribution in [-0.4, -0.2) is 52.0 Å². The molecule has 1 N–H and O–H groups in total. The van der Waals surface area contributed by atoms with Crippen LogP contribution in [0.3, 0.4) is 0 Å². The summed E-state index contributed by atoms with van der Waals surface area (Å²) in [4.78, 5) is 25.6. The summed E-state index contributed by atoms with van der Waals surface area (Å²) in [6, 6.07) is 21.5. The summed E-state index contributed by atoms with van der Waals surface area (Å²) in [5.74, 6) is 2.33. The van der Waals surface area contributed by atoms with E-state index in [1.54, 1.807) is 0 Å². The number of nitrogens with one attached hydrogen (secondary N) is 1. The lowest BCUT2D eigenvalue weighted by Gasteiger charge is -2.36. The summed E-state index contributed by atoms with van der Waals surface area (Å²) >= 11 is 0. The number of aromatic amines is 1. The van der Waals surface area contributed by atoms with E-state index in [9.17, 15) is 4.79 Å². The second kappa shape index (κ2) is 9.92. The van der Waals surface area contributed by atoms with Crippen molar-refractivity contribution in [1.29, 1.82) is 0 Å². The van der Waals surface area contributed by atoms with Crippen LogP contribution in [0.2, 0.25) is 0 Å². The molecule has 0 aliphatic carbocycles. The monoisotopic (exact) mass is 494 g/mol. The number of rotatable bonds is 3. The molecular weight excluding hydrogens is 460 g/mol. The fraction of sp³-hybridized carbons (Fsp3) is 0.355. The fourth-order valence-electron chi connectivity index (χ4n) is 5.91. The maximum atomic E-state index is 13.7. The number of amides is 2. The van der Waals surface area contributed by atoms with Crippen LogP contribution < -0.4 is 4.74 Å². The van der Waals surface area contributed by atoms with Gasteiger partial charge in [0.25, 0.3) is 0 Å². The molecule has 0 spiro atoms. The molecule has 4 aromatic rings. The van der Waals surface area contributed by atoms with Crippen LogP contribution in [0.1, 0.15) is 35.4 Å². The molecule has 1 atom stereocenters. The van der Waals surface area contributed by atoms with Gasteiger partial charge in [-0.3, -0.25) is 0 Å². The topological polar surface area (TPSA) is 61.5 Å². The Bertz CT molecular complexity index is 1430. The van der Waals surface area contributed by atoms with Gasteiger partial charge in [0.2, 0.25) is 0 Å². The zero-order valence-corrected chi connectivity index (χ0v) is 21.7. The van der Waals surface area contributed by atoms with Crippen LogP contribution in [0.25, 0.3) is 22.2 Å². The number of nitrogens with zero attached hydrogens (tertiary/aromatic N) is 3. The second-order valence-corrected chi connectivity index (χ2v) is 10.5. The van der Waals surface area contributed by atoms with E-state index in [2.05, 4.69) is 82.5 Å². The van der Waals surface area contributed by atoms with Crippen LogP contribution in [0.4, 0.5) is 4.79 Å². The number of benzene rings is 3. The van der Waals surface area contributed by atoms with Gasteiger partial charge in [0.05, 0.1) is 24.1 Å². The SMILES string of the molecule is Cc1nc2ccc(-c3cc(C)c4c(c3)CN(C(=O)N3CCCC(Cc5ccccc5)C3)CCO4)cc2[nH]1. The Balaban J connectivity index is 1.22. The van der Waals surface area contributed by atoms with Crippen LogP contribution >= 0.6 is 0 Å². The highest BCUT2D eigenvalue weighted by Crippen LogP contribution is 2.34. The number of carbonyl (C=O) groups is 1. The predicted octanol–water partition coefficient (Wildman–Crippen LogP) is 6.12. The van der Waals surface area contributed by atoms with Crippen molar-refractivity contribution in [2.45, 2.75) is 39.7 Å². The molecule has 1 fully saturated rings. The Morgan fingerprint density at radius 3 is 2.76 bits per heavy atom. The lowest BCUT2D eigenvalue weighted by Crippen LogP contribution is -2.48. The van der Waals surface area contributed by atoms with Gasteiger partial charge in [0, 0.05) is 18.7 Å². The maximum absolute atomic E-state index is 13.7. The molecule has 1 saturated heterocycles. The third-order valence-corrected chi connectivity index (χ3v) is 7.68. The van der Waals surface area contributed by atoms with E-state index < -0.39 is 0 Å². The summed E-state index contributed by atoms with van der Waals surface area (Å²) < 4.78 is 6.18. The Morgan fingerprint density at radius 2 is 1.89 bits per heavy atom. The molecule has 190 valence electrons. The number of carbonyl (C=O) groups excluding carboxylic acids is 1. The van der Waals surface area contributed by atoms with Gasteiger partial charge in [0.1, 0.15) is 18.2 Å². The molecule has 6 nitrogen and oxygen atoms in total. The van der Waals surface area contributed by atoms with Crippen molar-refractivity contribution in [3.8, 4) is 16.9 Å². The van der Waals surface area contributed by atoms with Crippen molar-refractivity contribution in [2.75, 3.05) is 26.2 Å². The van der Waals surface area contributed by atoms with E-state index in [1.807, 2.05) is 11.8 Å². The Morgan fingerprint density at radius 1 is 1.03 bits per heavy atom. The molecule has 2 aliphatic heterocycles. The Hall–Kier alpha value is -3.80. The summed E-state index contributed by atoms with van der Waals surface area (Å²) in [5.41, 5.74) is 7.78. The van der Waals surface area contributed by atoms with Crippen LogP contribution in [-0.2, 0) is 13.0 Å². The Kier molecular flexibility index (Phi) is 6.33. The first-order valence-electron chi connectivity index (χ1n) is 13.3. The minimum absolute atomic E-state index is 0.131. The molecule has 1 aromatic heterocycles. The average Bonchev–Trinajstić information content (AvgIpc) is 3.14. The number of hydrogen-bond acceptors (Lipinski definition) is 3. The fourth-order valence-corrected chi connectivity index (χ4v) is 5.91. The largest absolute Gasteiger partial charge is 0.491 e. The smallest absolute Gasteiger partial charge is 0.320 e. The molecule has 0 radical (unpaired) electrons. The quantitative estimate of drug-likeness (QED) is 0.373. The molecular formula is C31H34N4O2. The summed E-state index contributed by atoms with van der Waals surface area (Å²) in [5, 5.41) is 0. The van der Waals surface area contributed by atoms with E-state index in [0.29, 0.717) is 25.6 Å². The van der Waals surface area contributed by atoms with E-state index in [1.165, 1.54) is 12.0 Å². The molecule has 6 rings (SSSR count). The molecule has 2 amide bonds. The zero-order valence-electron chi connectivity index (χ0n) is 21.7. The molecule has 1 unspecified atom stereocenters. The van der Waals surface area contributed by atoms with Gasteiger partial charge < -0.3 is 19.5 Å². The molecule has 2 aliphatic rings. The third-order valence-electron chi connectivity index (χ3n) is 7.68. The number of aryl methyl sites for hydroxylation is 2. The van der Waals surface area contributed by atoms with Crippen LogP contribution in [0.5, 0.6) is 5.75 Å². The van der Waals surface area contributed by atoms with Gasteiger partial charge in [-0.1, -0.05) is 36.4 Å². The Labute approximate surface area is 218 Å². The number of fused-ring (bicyclic) bond motifs is 2. The van der Waals surface area contributed by atoms with Crippen molar-refractivity contribution in [2.24, 2.45) is 5.92 Å². The second-order valence-electron chi connectivity index (χ2n) is 10.5. The average molecular weight is 495 g/mol. The standard InChI is InChI=1S/C31H34N4O2/c1-21-15-26(25-10-11-28-29(18-25)33-22(2)32-28)17-27-20-35(13-14-37-30(21)27)31(36)34-12-6-9-24(19-34)16-23-7-4-3-5-8-23/h3-5,7-8,10-11,15,17-18,24H,6,9,12-14,16,19-20H2,1-2H3,(H,32,33). The predicted molar refractivity (Wildman–Crippen MR) is 147 cm³/mol. The first-order valence-corrected chi connectivity index (χ1v) is 13.3. The van der Waals surface area contributed by atoms with E-state index >= 15 is 0 Å². The van der Waals surface area contributed by atoms with E-state index in [4.69, 9.17) is 4.74 Å². The van der Waals surface area contributed by atoms with Gasteiger partial charge >= 0.3 is 6.03 Å². The maximum Gasteiger partial charge on any atom is 0.320 e. The van der Waals surface area contributed by atoms with Crippen LogP contribution in [0, 0.1) is 19.8 Å². The van der Waals surface area contributed by atoms with Crippen molar-refractivity contribution >= 4 is 17.1 Å². The minimum atomic E-state index is 0.131. The number of likely N-dealkylation sites (tertiary alicyclic amines) is 1. The molecule has 37 heavy (non-hydrogen) atoms. The highest BCUT2D eigenvalue weighted by molar-refractivity contribution is 5.82. The lowest BCUT2D eigenvalue weighted by molar-refractivity contribution is 0.123. The first-order chi connectivity index (χ1) is 18.0. The van der Waals surface area contributed by atoms with Gasteiger partial charge in [-0.15, -0.1) is 0 Å². The zero-order chi connectivity index (χ0) is 25.4. The summed E-state index contributed by atoms with van der Waals surface area (Å²) in [6.07, 6.45) is 3.26. The van der Waals surface area contributed by atoms with Crippen molar-refractivity contribution in [3.63, 3.8) is 0 Å².